The summed E-state index contributed by atoms with van der Waals surface area (Å²) >= 11 is 6.11. The SMILES string of the molecule is O=C(NCC1COc2cccc(Cl)c2NC1=O)c1n[nH]c(Cc2ccccc2)n1. The van der Waals surface area contributed by atoms with E-state index in [2.05, 4.69) is 25.8 Å². The Morgan fingerprint density at radius 2 is 2.03 bits per heavy atom. The topological polar surface area (TPSA) is 109 Å². The van der Waals surface area contributed by atoms with Gasteiger partial charge in [0.2, 0.25) is 11.7 Å². The highest BCUT2D eigenvalue weighted by Gasteiger charge is 2.27. The Morgan fingerprint density at radius 3 is 2.86 bits per heavy atom. The van der Waals surface area contributed by atoms with Crippen molar-refractivity contribution in [1.82, 2.24) is 20.5 Å². The van der Waals surface area contributed by atoms with E-state index in [1.54, 1.807) is 18.2 Å². The Labute approximate surface area is 171 Å². The summed E-state index contributed by atoms with van der Waals surface area (Å²) in [5.41, 5.74) is 1.49. The number of anilines is 1. The average molecular weight is 412 g/mol. The molecule has 0 bridgehead atoms. The van der Waals surface area contributed by atoms with Gasteiger partial charge in [0, 0.05) is 13.0 Å². The van der Waals surface area contributed by atoms with Crippen LogP contribution in [0.25, 0.3) is 0 Å². The molecule has 3 aromatic rings. The van der Waals surface area contributed by atoms with E-state index in [0.717, 1.165) is 5.56 Å². The third kappa shape index (κ3) is 4.38. The standard InChI is InChI=1S/C20H18ClN5O3/c21-14-7-4-8-15-17(14)24-19(27)13(11-29-15)10-22-20(28)18-23-16(25-26-18)9-12-5-2-1-3-6-12/h1-8,13H,9-11H2,(H,22,28)(H,24,27)(H,23,25,26). The lowest BCUT2D eigenvalue weighted by Crippen LogP contribution is -2.38. The van der Waals surface area contributed by atoms with E-state index >= 15 is 0 Å². The van der Waals surface area contributed by atoms with Gasteiger partial charge < -0.3 is 15.4 Å². The van der Waals surface area contributed by atoms with Crippen molar-refractivity contribution in [2.45, 2.75) is 6.42 Å². The molecule has 2 amide bonds. The number of aromatic nitrogens is 3. The maximum Gasteiger partial charge on any atom is 0.290 e. The number of nitrogens with one attached hydrogen (secondary N) is 3. The van der Waals surface area contributed by atoms with E-state index in [1.165, 1.54) is 0 Å². The largest absolute Gasteiger partial charge is 0.490 e. The number of H-pyrrole nitrogens is 1. The van der Waals surface area contributed by atoms with Crippen LogP contribution >= 0.6 is 11.6 Å². The van der Waals surface area contributed by atoms with Crippen LogP contribution in [0.2, 0.25) is 5.02 Å². The molecule has 0 aliphatic carbocycles. The van der Waals surface area contributed by atoms with Crippen LogP contribution < -0.4 is 15.4 Å². The number of aromatic amines is 1. The van der Waals surface area contributed by atoms with Gasteiger partial charge in [-0.25, -0.2) is 4.98 Å². The first kappa shape index (κ1) is 18.9. The van der Waals surface area contributed by atoms with Crippen molar-refractivity contribution in [3.63, 3.8) is 0 Å². The van der Waals surface area contributed by atoms with E-state index in [4.69, 9.17) is 16.3 Å². The van der Waals surface area contributed by atoms with Crippen LogP contribution in [0.5, 0.6) is 5.75 Å². The average Bonchev–Trinajstić information content (AvgIpc) is 3.12. The van der Waals surface area contributed by atoms with Gasteiger partial charge in [-0.15, -0.1) is 5.10 Å². The van der Waals surface area contributed by atoms with Crippen molar-refractivity contribution in [2.75, 3.05) is 18.5 Å². The summed E-state index contributed by atoms with van der Waals surface area (Å²) in [6.07, 6.45) is 0.541. The molecule has 0 radical (unpaired) electrons. The van der Waals surface area contributed by atoms with Crippen LogP contribution in [0.4, 0.5) is 5.69 Å². The van der Waals surface area contributed by atoms with Crippen LogP contribution in [0.1, 0.15) is 22.0 Å². The molecule has 1 unspecified atom stereocenters. The van der Waals surface area contributed by atoms with Gasteiger partial charge in [0.1, 0.15) is 23.9 Å². The summed E-state index contributed by atoms with van der Waals surface area (Å²) in [4.78, 5) is 29.0. The van der Waals surface area contributed by atoms with Crippen molar-refractivity contribution in [2.24, 2.45) is 5.92 Å². The smallest absolute Gasteiger partial charge is 0.290 e. The first-order chi connectivity index (χ1) is 14.1. The Bertz CT molecular complexity index is 1040. The Balaban J connectivity index is 1.35. The van der Waals surface area contributed by atoms with E-state index in [9.17, 15) is 9.59 Å². The molecule has 0 saturated heterocycles. The second-order valence-electron chi connectivity index (χ2n) is 6.59. The van der Waals surface area contributed by atoms with Gasteiger partial charge in [-0.05, 0) is 17.7 Å². The number of ether oxygens (including phenoxy) is 1. The molecule has 1 aromatic heterocycles. The predicted octanol–water partition coefficient (Wildman–Crippen LogP) is 2.43. The molecule has 1 atom stereocenters. The monoisotopic (exact) mass is 411 g/mol. The quantitative estimate of drug-likeness (QED) is 0.597. The normalized spacial score (nSPS) is 15.6. The van der Waals surface area contributed by atoms with Gasteiger partial charge in [0.05, 0.1) is 10.9 Å². The van der Waals surface area contributed by atoms with E-state index in [-0.39, 0.29) is 24.9 Å². The molecule has 4 rings (SSSR count). The highest BCUT2D eigenvalue weighted by molar-refractivity contribution is 6.34. The third-order valence-electron chi connectivity index (χ3n) is 4.49. The lowest BCUT2D eigenvalue weighted by atomic mass is 10.1. The summed E-state index contributed by atoms with van der Waals surface area (Å²) < 4.78 is 5.66. The molecule has 0 spiro atoms. The van der Waals surface area contributed by atoms with Crippen molar-refractivity contribution in [3.05, 3.63) is 70.8 Å². The zero-order valence-electron chi connectivity index (χ0n) is 15.3. The molecule has 2 aromatic carbocycles. The maximum atomic E-state index is 12.4. The number of amides is 2. The molecule has 2 heterocycles. The van der Waals surface area contributed by atoms with Crippen LogP contribution in [0.15, 0.2) is 48.5 Å². The van der Waals surface area contributed by atoms with Crippen LogP contribution in [0.3, 0.4) is 0 Å². The van der Waals surface area contributed by atoms with Gasteiger partial charge in [-0.1, -0.05) is 48.0 Å². The molecule has 148 valence electrons. The van der Waals surface area contributed by atoms with Gasteiger partial charge in [0.25, 0.3) is 5.91 Å². The first-order valence-electron chi connectivity index (χ1n) is 9.05. The number of hydrogen-bond donors (Lipinski definition) is 3. The van der Waals surface area contributed by atoms with Gasteiger partial charge in [0.15, 0.2) is 0 Å². The van der Waals surface area contributed by atoms with Gasteiger partial charge in [-0.3, -0.25) is 14.7 Å². The summed E-state index contributed by atoms with van der Waals surface area (Å²) in [7, 11) is 0. The number of halogens is 1. The van der Waals surface area contributed by atoms with E-state index in [0.29, 0.717) is 28.7 Å². The van der Waals surface area contributed by atoms with Crippen LogP contribution in [0, 0.1) is 5.92 Å². The van der Waals surface area contributed by atoms with Crippen LogP contribution in [-0.2, 0) is 11.2 Å². The van der Waals surface area contributed by atoms with Crippen molar-refractivity contribution >= 4 is 29.1 Å². The fourth-order valence-electron chi connectivity index (χ4n) is 2.95. The van der Waals surface area contributed by atoms with Crippen LogP contribution in [-0.4, -0.2) is 40.1 Å². The summed E-state index contributed by atoms with van der Waals surface area (Å²) in [6, 6.07) is 14.9. The van der Waals surface area contributed by atoms with E-state index in [1.807, 2.05) is 30.3 Å². The predicted molar refractivity (Wildman–Crippen MR) is 107 cm³/mol. The zero-order valence-corrected chi connectivity index (χ0v) is 16.1. The fraction of sp³-hybridized carbons (Fsp3) is 0.200. The summed E-state index contributed by atoms with van der Waals surface area (Å²) in [5.74, 6) is -0.214. The Morgan fingerprint density at radius 1 is 1.21 bits per heavy atom. The highest BCUT2D eigenvalue weighted by Crippen LogP contribution is 2.34. The number of carbonyl (C=O) groups excluding carboxylic acids is 2. The first-order valence-corrected chi connectivity index (χ1v) is 9.43. The van der Waals surface area contributed by atoms with Crippen molar-refractivity contribution in [1.29, 1.82) is 0 Å². The highest BCUT2D eigenvalue weighted by atomic mass is 35.5. The molecule has 1 aliphatic rings. The number of para-hydroxylation sites is 1. The van der Waals surface area contributed by atoms with Crippen molar-refractivity contribution in [3.8, 4) is 5.75 Å². The molecular weight excluding hydrogens is 394 g/mol. The lowest BCUT2D eigenvalue weighted by Gasteiger charge is -2.12. The molecule has 8 nitrogen and oxygen atoms in total. The second-order valence-corrected chi connectivity index (χ2v) is 7.00. The van der Waals surface area contributed by atoms with Gasteiger partial charge >= 0.3 is 0 Å². The molecular formula is C20H18ClN5O3. The number of benzene rings is 2. The minimum Gasteiger partial charge on any atom is -0.490 e. The fourth-order valence-corrected chi connectivity index (χ4v) is 3.16. The maximum absolute atomic E-state index is 12.4. The minimum absolute atomic E-state index is 0.0252. The number of nitrogens with zero attached hydrogens (tertiary/aromatic N) is 2. The summed E-state index contributed by atoms with van der Waals surface area (Å²) in [6.45, 7) is 0.200. The number of carbonyl (C=O) groups is 2. The number of fused-ring (bicyclic) bond motifs is 1. The van der Waals surface area contributed by atoms with Gasteiger partial charge in [-0.2, -0.15) is 0 Å². The number of rotatable bonds is 5. The lowest BCUT2D eigenvalue weighted by molar-refractivity contribution is -0.120. The Kier molecular flexibility index (Phi) is 5.44. The molecule has 0 fully saturated rings. The Hall–Kier alpha value is -3.39. The third-order valence-corrected chi connectivity index (χ3v) is 4.81. The molecule has 0 saturated carbocycles. The zero-order chi connectivity index (χ0) is 20.2. The molecule has 9 heteroatoms. The second kappa shape index (κ2) is 8.32. The van der Waals surface area contributed by atoms with Crippen molar-refractivity contribution < 1.29 is 14.3 Å². The van der Waals surface area contributed by atoms with E-state index < -0.39 is 11.8 Å². The summed E-state index contributed by atoms with van der Waals surface area (Å²) in [5, 5.41) is 12.6. The molecule has 3 N–H and O–H groups in total. The molecule has 29 heavy (non-hydrogen) atoms. The minimum atomic E-state index is -0.579. The number of hydrogen-bond acceptors (Lipinski definition) is 5. The molecule has 1 aliphatic heterocycles.